The highest BCUT2D eigenvalue weighted by atomic mass is 16.2. The lowest BCUT2D eigenvalue weighted by molar-refractivity contribution is 0.0941. The number of fused-ring (bicyclic) bond motifs is 1. The van der Waals surface area contributed by atoms with Gasteiger partial charge in [-0.05, 0) is 32.4 Å². The van der Waals surface area contributed by atoms with E-state index in [2.05, 4.69) is 12.2 Å². The molecule has 1 heterocycles. The van der Waals surface area contributed by atoms with Crippen LogP contribution in [-0.2, 0) is 6.54 Å². The molecular formula is C19H27N3O2. The van der Waals surface area contributed by atoms with Gasteiger partial charge in [0.2, 0.25) is 5.43 Å². The molecule has 0 bridgehead atoms. The van der Waals surface area contributed by atoms with E-state index in [0.717, 1.165) is 24.9 Å². The number of nitrogens with two attached hydrogens (primary N) is 1. The summed E-state index contributed by atoms with van der Waals surface area (Å²) in [6, 6.07) is 5.40. The van der Waals surface area contributed by atoms with E-state index in [1.807, 2.05) is 30.5 Å². The van der Waals surface area contributed by atoms with Gasteiger partial charge in [-0.1, -0.05) is 32.3 Å². The maximum absolute atomic E-state index is 12.7. The SMILES string of the molecule is CCCCCCn1cc(C(=O)NC(C)C)c(=O)c2c(N)cccc21. The molecule has 0 saturated heterocycles. The van der Waals surface area contributed by atoms with Crippen LogP contribution in [0.15, 0.2) is 29.2 Å². The van der Waals surface area contributed by atoms with Crippen LogP contribution in [-0.4, -0.2) is 16.5 Å². The minimum absolute atomic E-state index is 0.0290. The number of benzene rings is 1. The molecule has 130 valence electrons. The molecule has 0 spiro atoms. The minimum atomic E-state index is -0.345. The van der Waals surface area contributed by atoms with Gasteiger partial charge in [0.25, 0.3) is 5.91 Å². The van der Waals surface area contributed by atoms with Crippen molar-refractivity contribution in [1.29, 1.82) is 0 Å². The number of aromatic nitrogens is 1. The molecule has 2 aromatic rings. The van der Waals surface area contributed by atoms with Crippen LogP contribution in [0.4, 0.5) is 5.69 Å². The number of unbranched alkanes of at least 4 members (excludes halogenated alkanes) is 3. The van der Waals surface area contributed by atoms with Gasteiger partial charge < -0.3 is 15.6 Å². The Balaban J connectivity index is 2.51. The number of amides is 1. The predicted octanol–water partition coefficient (Wildman–Crippen LogP) is 3.30. The fraction of sp³-hybridized carbons (Fsp3) is 0.474. The van der Waals surface area contributed by atoms with Crippen molar-refractivity contribution in [1.82, 2.24) is 9.88 Å². The average Bonchev–Trinajstić information content (AvgIpc) is 2.52. The van der Waals surface area contributed by atoms with Crippen molar-refractivity contribution >= 4 is 22.5 Å². The van der Waals surface area contributed by atoms with Crippen molar-refractivity contribution < 1.29 is 4.79 Å². The number of hydrogen-bond acceptors (Lipinski definition) is 3. The Morgan fingerprint density at radius 2 is 2.00 bits per heavy atom. The molecule has 0 radical (unpaired) electrons. The summed E-state index contributed by atoms with van der Waals surface area (Å²) in [7, 11) is 0. The fourth-order valence-corrected chi connectivity index (χ4v) is 2.86. The molecule has 0 fully saturated rings. The second-order valence-electron chi connectivity index (χ2n) is 6.50. The molecule has 0 saturated carbocycles. The summed E-state index contributed by atoms with van der Waals surface area (Å²) >= 11 is 0. The summed E-state index contributed by atoms with van der Waals surface area (Å²) in [6.07, 6.45) is 6.15. The number of rotatable bonds is 7. The van der Waals surface area contributed by atoms with Gasteiger partial charge in [0.05, 0.1) is 10.9 Å². The zero-order valence-electron chi connectivity index (χ0n) is 14.8. The Kier molecular flexibility index (Phi) is 6.01. The molecule has 1 amide bonds. The number of carbonyl (C=O) groups is 1. The maximum Gasteiger partial charge on any atom is 0.256 e. The number of carbonyl (C=O) groups excluding carboxylic acids is 1. The summed E-state index contributed by atoms with van der Waals surface area (Å²) in [5, 5.41) is 3.23. The lowest BCUT2D eigenvalue weighted by Crippen LogP contribution is -2.34. The van der Waals surface area contributed by atoms with Crippen molar-refractivity contribution in [2.45, 2.75) is 59.0 Å². The number of anilines is 1. The van der Waals surface area contributed by atoms with Crippen LogP contribution in [0.2, 0.25) is 0 Å². The largest absolute Gasteiger partial charge is 0.398 e. The first-order chi connectivity index (χ1) is 11.5. The second-order valence-corrected chi connectivity index (χ2v) is 6.50. The van der Waals surface area contributed by atoms with Crippen LogP contribution >= 0.6 is 0 Å². The van der Waals surface area contributed by atoms with Crippen LogP contribution in [0.3, 0.4) is 0 Å². The van der Waals surface area contributed by atoms with Crippen molar-refractivity contribution in [3.05, 3.63) is 40.2 Å². The van der Waals surface area contributed by atoms with Gasteiger partial charge in [-0.2, -0.15) is 0 Å². The van der Waals surface area contributed by atoms with Gasteiger partial charge in [0.1, 0.15) is 5.56 Å². The molecule has 0 aliphatic heterocycles. The van der Waals surface area contributed by atoms with Crippen molar-refractivity contribution in [3.8, 4) is 0 Å². The minimum Gasteiger partial charge on any atom is -0.398 e. The second kappa shape index (κ2) is 7.99. The lowest BCUT2D eigenvalue weighted by Gasteiger charge is -2.15. The summed E-state index contributed by atoms with van der Waals surface area (Å²) in [5.74, 6) is -0.345. The highest BCUT2D eigenvalue weighted by Gasteiger charge is 2.17. The first-order valence-corrected chi connectivity index (χ1v) is 8.68. The van der Waals surface area contributed by atoms with Gasteiger partial charge in [-0.3, -0.25) is 9.59 Å². The zero-order valence-corrected chi connectivity index (χ0v) is 14.8. The molecule has 5 nitrogen and oxygen atoms in total. The standard InChI is InChI=1S/C19H27N3O2/c1-4-5-6-7-11-22-12-14(19(24)21-13(2)3)18(23)17-15(20)9-8-10-16(17)22/h8-10,12-13H,4-7,11,20H2,1-3H3,(H,21,24). The predicted molar refractivity (Wildman–Crippen MR) is 99.4 cm³/mol. The molecule has 5 heteroatoms. The first kappa shape index (κ1) is 18.0. The van der Waals surface area contributed by atoms with Crippen LogP contribution in [0.1, 0.15) is 56.8 Å². The van der Waals surface area contributed by atoms with E-state index >= 15 is 0 Å². The van der Waals surface area contributed by atoms with Crippen LogP contribution in [0.5, 0.6) is 0 Å². The Morgan fingerprint density at radius 3 is 2.67 bits per heavy atom. The Hall–Kier alpha value is -2.30. The Labute approximate surface area is 142 Å². The third kappa shape index (κ3) is 3.96. The highest BCUT2D eigenvalue weighted by molar-refractivity contribution is 6.00. The monoisotopic (exact) mass is 329 g/mol. The quantitative estimate of drug-likeness (QED) is 0.604. The fourth-order valence-electron chi connectivity index (χ4n) is 2.86. The number of nitrogens with zero attached hydrogens (tertiary/aromatic N) is 1. The van der Waals surface area contributed by atoms with Crippen molar-refractivity contribution in [3.63, 3.8) is 0 Å². The summed E-state index contributed by atoms with van der Waals surface area (Å²) in [5.41, 5.74) is 7.09. The molecule has 2 rings (SSSR count). The van der Waals surface area contributed by atoms with Crippen LogP contribution in [0.25, 0.3) is 10.9 Å². The number of pyridine rings is 1. The third-order valence-corrected chi connectivity index (χ3v) is 4.06. The van der Waals surface area contributed by atoms with Gasteiger partial charge in [-0.25, -0.2) is 0 Å². The molecule has 0 aliphatic carbocycles. The Bertz CT molecular complexity index is 778. The number of nitrogens with one attached hydrogen (secondary N) is 1. The molecule has 1 aromatic carbocycles. The van der Waals surface area contributed by atoms with Gasteiger partial charge in [0.15, 0.2) is 0 Å². The molecular weight excluding hydrogens is 302 g/mol. The molecule has 1 aromatic heterocycles. The van der Waals surface area contributed by atoms with E-state index in [1.165, 1.54) is 12.8 Å². The molecule has 0 aliphatic rings. The molecule has 0 atom stereocenters. The topological polar surface area (TPSA) is 77.1 Å². The number of nitrogen functional groups attached to an aromatic ring is 1. The first-order valence-electron chi connectivity index (χ1n) is 8.68. The van der Waals surface area contributed by atoms with Crippen LogP contribution in [0, 0.1) is 0 Å². The number of aryl methyl sites for hydroxylation is 1. The molecule has 24 heavy (non-hydrogen) atoms. The number of hydrogen-bond donors (Lipinski definition) is 2. The lowest BCUT2D eigenvalue weighted by atomic mass is 10.1. The van der Waals surface area contributed by atoms with Gasteiger partial charge >= 0.3 is 0 Å². The summed E-state index contributed by atoms with van der Waals surface area (Å²) in [4.78, 5) is 25.1. The van der Waals surface area contributed by atoms with Gasteiger partial charge in [0, 0.05) is 24.5 Å². The summed E-state index contributed by atoms with van der Waals surface area (Å²) in [6.45, 7) is 6.68. The average molecular weight is 329 g/mol. The van der Waals surface area contributed by atoms with E-state index in [0.29, 0.717) is 11.1 Å². The van der Waals surface area contributed by atoms with Gasteiger partial charge in [-0.15, -0.1) is 0 Å². The third-order valence-electron chi connectivity index (χ3n) is 4.06. The van der Waals surface area contributed by atoms with E-state index in [1.54, 1.807) is 12.3 Å². The normalized spacial score (nSPS) is 11.2. The molecule has 3 N–H and O–H groups in total. The highest BCUT2D eigenvalue weighted by Crippen LogP contribution is 2.19. The van der Waals surface area contributed by atoms with Crippen molar-refractivity contribution in [2.75, 3.05) is 5.73 Å². The van der Waals surface area contributed by atoms with Crippen LogP contribution < -0.4 is 16.5 Å². The Morgan fingerprint density at radius 1 is 1.25 bits per heavy atom. The molecule has 0 unspecified atom stereocenters. The van der Waals surface area contributed by atoms with E-state index in [9.17, 15) is 9.59 Å². The smallest absolute Gasteiger partial charge is 0.256 e. The van der Waals surface area contributed by atoms with E-state index < -0.39 is 0 Å². The maximum atomic E-state index is 12.7. The van der Waals surface area contributed by atoms with E-state index in [4.69, 9.17) is 5.73 Å². The van der Waals surface area contributed by atoms with Crippen molar-refractivity contribution in [2.24, 2.45) is 0 Å². The van der Waals surface area contributed by atoms with E-state index in [-0.39, 0.29) is 22.9 Å². The summed E-state index contributed by atoms with van der Waals surface area (Å²) < 4.78 is 1.98. The zero-order chi connectivity index (χ0) is 17.7.